The van der Waals surface area contributed by atoms with Crippen molar-refractivity contribution in [2.45, 2.75) is 25.9 Å². The van der Waals surface area contributed by atoms with E-state index in [0.29, 0.717) is 29.7 Å². The molecule has 1 heterocycles. The van der Waals surface area contributed by atoms with Gasteiger partial charge in [0, 0.05) is 18.2 Å². The topological polar surface area (TPSA) is 51.4 Å². The fourth-order valence-corrected chi connectivity index (χ4v) is 1.25. The van der Waals surface area contributed by atoms with Crippen LogP contribution in [0.5, 0.6) is 5.88 Å². The molecule has 0 saturated carbocycles. The lowest BCUT2D eigenvalue weighted by atomic mass is 10.1. The number of aromatic nitrogens is 1. The van der Waals surface area contributed by atoms with Gasteiger partial charge in [-0.3, -0.25) is 0 Å². The first kappa shape index (κ1) is 14.2. The number of pyridine rings is 1. The van der Waals surface area contributed by atoms with Gasteiger partial charge in [0.05, 0.1) is 10.7 Å². The van der Waals surface area contributed by atoms with Gasteiger partial charge in [-0.25, -0.2) is 4.98 Å². The van der Waals surface area contributed by atoms with Crippen molar-refractivity contribution >= 4 is 11.6 Å². The maximum absolute atomic E-state index is 5.93. The van der Waals surface area contributed by atoms with Crippen molar-refractivity contribution in [3.05, 3.63) is 22.8 Å². The van der Waals surface area contributed by atoms with Gasteiger partial charge in [-0.15, -0.1) is 0 Å². The number of hydrogen-bond acceptors (Lipinski definition) is 4. The van der Waals surface area contributed by atoms with E-state index < -0.39 is 0 Å². The first-order valence-corrected chi connectivity index (χ1v) is 5.90. The van der Waals surface area contributed by atoms with Crippen LogP contribution in [0.2, 0.25) is 5.02 Å². The second-order valence-corrected chi connectivity index (χ2v) is 5.18. The minimum atomic E-state index is -0.0514. The van der Waals surface area contributed by atoms with Gasteiger partial charge in [-0.1, -0.05) is 11.6 Å². The average Bonchev–Trinajstić information content (AvgIpc) is 2.28. The molecule has 0 radical (unpaired) electrons. The van der Waals surface area contributed by atoms with Crippen LogP contribution in [-0.2, 0) is 6.54 Å². The van der Waals surface area contributed by atoms with Crippen LogP contribution in [0.15, 0.2) is 12.1 Å². The molecule has 0 aliphatic carbocycles. The standard InChI is InChI=1S/C12H20ClN3O/c1-12(2,16(3)4)8-17-11-6-5-9(13)10(7-14)15-11/h5-6H,7-8,14H2,1-4H3. The van der Waals surface area contributed by atoms with Gasteiger partial charge in [0.2, 0.25) is 5.88 Å². The highest BCUT2D eigenvalue weighted by Gasteiger charge is 2.21. The Kier molecular flexibility index (Phi) is 4.74. The first-order valence-electron chi connectivity index (χ1n) is 5.52. The molecule has 0 fully saturated rings. The van der Waals surface area contributed by atoms with Gasteiger partial charge >= 0.3 is 0 Å². The molecule has 0 aliphatic rings. The Bertz CT molecular complexity index is 380. The van der Waals surface area contributed by atoms with Crippen LogP contribution < -0.4 is 10.5 Å². The number of nitrogens with two attached hydrogens (primary N) is 1. The van der Waals surface area contributed by atoms with E-state index in [2.05, 4.69) is 23.7 Å². The lowest BCUT2D eigenvalue weighted by molar-refractivity contribution is 0.111. The molecular weight excluding hydrogens is 238 g/mol. The zero-order valence-corrected chi connectivity index (χ0v) is 11.6. The van der Waals surface area contributed by atoms with Crippen molar-refractivity contribution in [1.29, 1.82) is 0 Å². The second kappa shape index (κ2) is 5.67. The number of likely N-dealkylation sites (N-methyl/N-ethyl adjacent to an activating group) is 1. The van der Waals surface area contributed by atoms with Gasteiger partial charge < -0.3 is 15.4 Å². The Morgan fingerprint density at radius 1 is 1.41 bits per heavy atom. The summed E-state index contributed by atoms with van der Waals surface area (Å²) in [6, 6.07) is 3.52. The summed E-state index contributed by atoms with van der Waals surface area (Å²) in [5.74, 6) is 0.560. The molecule has 2 N–H and O–H groups in total. The number of halogens is 1. The number of hydrogen-bond donors (Lipinski definition) is 1. The molecule has 0 aromatic carbocycles. The summed E-state index contributed by atoms with van der Waals surface area (Å²) in [6.07, 6.45) is 0. The molecular formula is C12H20ClN3O. The predicted octanol–water partition coefficient (Wildman–Crippen LogP) is 1.91. The third-order valence-electron chi connectivity index (χ3n) is 2.87. The third kappa shape index (κ3) is 3.84. The Morgan fingerprint density at radius 2 is 2.06 bits per heavy atom. The predicted molar refractivity (Wildman–Crippen MR) is 70.4 cm³/mol. The van der Waals surface area contributed by atoms with Crippen molar-refractivity contribution in [3.8, 4) is 5.88 Å². The molecule has 1 aromatic rings. The minimum absolute atomic E-state index is 0.0514. The fourth-order valence-electron chi connectivity index (χ4n) is 1.07. The van der Waals surface area contributed by atoms with E-state index in [9.17, 15) is 0 Å². The smallest absolute Gasteiger partial charge is 0.213 e. The largest absolute Gasteiger partial charge is 0.476 e. The number of nitrogens with zero attached hydrogens (tertiary/aromatic N) is 2. The maximum Gasteiger partial charge on any atom is 0.213 e. The molecule has 96 valence electrons. The SMILES string of the molecule is CN(C)C(C)(C)COc1ccc(Cl)c(CN)n1. The van der Waals surface area contributed by atoms with Crippen LogP contribution >= 0.6 is 11.6 Å². The summed E-state index contributed by atoms with van der Waals surface area (Å²) in [5.41, 5.74) is 6.15. The van der Waals surface area contributed by atoms with E-state index in [0.717, 1.165) is 0 Å². The summed E-state index contributed by atoms with van der Waals surface area (Å²) in [7, 11) is 4.04. The molecule has 1 rings (SSSR count). The summed E-state index contributed by atoms with van der Waals surface area (Å²) in [6.45, 7) is 5.07. The first-order chi connectivity index (χ1) is 7.86. The zero-order chi connectivity index (χ0) is 13.1. The normalized spacial score (nSPS) is 11.9. The Balaban J connectivity index is 2.70. The highest BCUT2D eigenvalue weighted by Crippen LogP contribution is 2.19. The van der Waals surface area contributed by atoms with Crippen molar-refractivity contribution in [1.82, 2.24) is 9.88 Å². The molecule has 1 aromatic heterocycles. The molecule has 0 saturated heterocycles. The van der Waals surface area contributed by atoms with E-state index in [1.54, 1.807) is 12.1 Å². The Morgan fingerprint density at radius 3 is 2.59 bits per heavy atom. The van der Waals surface area contributed by atoms with Gasteiger partial charge in [0.25, 0.3) is 0 Å². The summed E-state index contributed by atoms with van der Waals surface area (Å²) in [5, 5.41) is 0.576. The Labute approximate surface area is 108 Å². The highest BCUT2D eigenvalue weighted by molar-refractivity contribution is 6.31. The van der Waals surface area contributed by atoms with E-state index >= 15 is 0 Å². The van der Waals surface area contributed by atoms with Crippen molar-refractivity contribution < 1.29 is 4.74 Å². The van der Waals surface area contributed by atoms with Gasteiger partial charge in [0.1, 0.15) is 6.61 Å². The van der Waals surface area contributed by atoms with Crippen LogP contribution in [0.25, 0.3) is 0 Å². The minimum Gasteiger partial charge on any atom is -0.476 e. The lowest BCUT2D eigenvalue weighted by Gasteiger charge is -2.31. The molecule has 0 bridgehead atoms. The van der Waals surface area contributed by atoms with Gasteiger partial charge in [0.15, 0.2) is 0 Å². The van der Waals surface area contributed by atoms with Crippen LogP contribution in [0.1, 0.15) is 19.5 Å². The molecule has 17 heavy (non-hydrogen) atoms. The van der Waals surface area contributed by atoms with E-state index in [1.165, 1.54) is 0 Å². The van der Waals surface area contributed by atoms with Gasteiger partial charge in [-0.05, 0) is 34.0 Å². The summed E-state index contributed by atoms with van der Waals surface area (Å²) in [4.78, 5) is 6.36. The summed E-state index contributed by atoms with van der Waals surface area (Å²) < 4.78 is 5.66. The van der Waals surface area contributed by atoms with Crippen LogP contribution in [0, 0.1) is 0 Å². The van der Waals surface area contributed by atoms with Crippen LogP contribution in [0.3, 0.4) is 0 Å². The highest BCUT2D eigenvalue weighted by atomic mass is 35.5. The van der Waals surface area contributed by atoms with Crippen molar-refractivity contribution in [3.63, 3.8) is 0 Å². The molecule has 0 unspecified atom stereocenters. The monoisotopic (exact) mass is 257 g/mol. The molecule has 0 atom stereocenters. The maximum atomic E-state index is 5.93. The number of ether oxygens (including phenoxy) is 1. The lowest BCUT2D eigenvalue weighted by Crippen LogP contribution is -2.43. The van der Waals surface area contributed by atoms with Crippen molar-refractivity contribution in [2.24, 2.45) is 5.73 Å². The molecule has 0 aliphatic heterocycles. The van der Waals surface area contributed by atoms with Crippen molar-refractivity contribution in [2.75, 3.05) is 20.7 Å². The quantitative estimate of drug-likeness (QED) is 0.876. The molecule has 4 nitrogen and oxygen atoms in total. The summed E-state index contributed by atoms with van der Waals surface area (Å²) >= 11 is 5.93. The molecule has 0 spiro atoms. The van der Waals surface area contributed by atoms with E-state index in [1.807, 2.05) is 14.1 Å². The average molecular weight is 258 g/mol. The molecule has 0 amide bonds. The number of rotatable bonds is 5. The Hall–Kier alpha value is -0.840. The second-order valence-electron chi connectivity index (χ2n) is 4.78. The van der Waals surface area contributed by atoms with Crippen LogP contribution in [0.4, 0.5) is 0 Å². The third-order valence-corrected chi connectivity index (χ3v) is 3.21. The van der Waals surface area contributed by atoms with Gasteiger partial charge in [-0.2, -0.15) is 0 Å². The molecule has 5 heteroatoms. The van der Waals surface area contributed by atoms with Crippen LogP contribution in [-0.4, -0.2) is 36.1 Å². The zero-order valence-electron chi connectivity index (χ0n) is 10.8. The van der Waals surface area contributed by atoms with E-state index in [4.69, 9.17) is 22.1 Å². The van der Waals surface area contributed by atoms with E-state index in [-0.39, 0.29) is 5.54 Å². The fraction of sp³-hybridized carbons (Fsp3) is 0.583.